The van der Waals surface area contributed by atoms with Crippen molar-refractivity contribution in [1.29, 1.82) is 5.26 Å². The van der Waals surface area contributed by atoms with E-state index in [2.05, 4.69) is 41.9 Å². The second kappa shape index (κ2) is 6.07. The van der Waals surface area contributed by atoms with Crippen LogP contribution in [-0.4, -0.2) is 20.6 Å². The highest BCUT2D eigenvalue weighted by molar-refractivity contribution is 14.1. The lowest BCUT2D eigenvalue weighted by Crippen LogP contribution is -1.95. The Morgan fingerprint density at radius 2 is 2.37 bits per heavy atom. The summed E-state index contributed by atoms with van der Waals surface area (Å²) in [4.78, 5) is 0. The number of halogens is 3. The monoisotopic (exact) mass is 434 g/mol. The van der Waals surface area contributed by atoms with Crippen LogP contribution in [0.1, 0.15) is 5.82 Å². The second-order valence-electron chi connectivity index (χ2n) is 3.30. The summed E-state index contributed by atoms with van der Waals surface area (Å²) in [7, 11) is 0. The van der Waals surface area contributed by atoms with Crippen LogP contribution in [0.2, 0.25) is 0 Å². The standard InChI is InChI=1S/C10H5BrFIN6/c11-6-1-8(13)7(12)2-9(6)15-4-5(3-14)10-16-18-19-17-10/h1-2,4,15H,(H,16,17,18,19). The van der Waals surface area contributed by atoms with E-state index in [0.717, 1.165) is 0 Å². The molecular formula is C10H5BrFIN6. The van der Waals surface area contributed by atoms with Crippen LogP contribution in [0.5, 0.6) is 0 Å². The number of rotatable bonds is 3. The van der Waals surface area contributed by atoms with Gasteiger partial charge in [-0.3, -0.25) is 0 Å². The number of anilines is 1. The highest BCUT2D eigenvalue weighted by Crippen LogP contribution is 2.27. The van der Waals surface area contributed by atoms with Gasteiger partial charge >= 0.3 is 0 Å². The Balaban J connectivity index is 2.27. The first-order chi connectivity index (χ1) is 9.11. The minimum Gasteiger partial charge on any atom is -0.359 e. The lowest BCUT2D eigenvalue weighted by Gasteiger charge is -2.05. The molecule has 6 nitrogen and oxygen atoms in total. The van der Waals surface area contributed by atoms with Gasteiger partial charge in [-0.15, -0.1) is 10.2 Å². The van der Waals surface area contributed by atoms with E-state index < -0.39 is 0 Å². The highest BCUT2D eigenvalue weighted by atomic mass is 127. The van der Waals surface area contributed by atoms with Gasteiger partial charge in [0.25, 0.3) is 0 Å². The molecule has 0 amide bonds. The van der Waals surface area contributed by atoms with Crippen molar-refractivity contribution in [2.75, 3.05) is 5.32 Å². The maximum atomic E-state index is 13.4. The summed E-state index contributed by atoms with van der Waals surface area (Å²) in [5, 5.41) is 24.8. The number of allylic oxidation sites excluding steroid dienone is 1. The third kappa shape index (κ3) is 3.27. The van der Waals surface area contributed by atoms with Gasteiger partial charge in [-0.25, -0.2) is 4.39 Å². The van der Waals surface area contributed by atoms with E-state index in [9.17, 15) is 4.39 Å². The molecule has 0 unspecified atom stereocenters. The molecule has 0 radical (unpaired) electrons. The SMILES string of the molecule is N#CC(=CNc1cc(F)c(I)cc1Br)c1nn[nH]n1. The number of hydrogen-bond donors (Lipinski definition) is 2. The van der Waals surface area contributed by atoms with Crippen LogP contribution >= 0.6 is 38.5 Å². The van der Waals surface area contributed by atoms with E-state index in [1.165, 1.54) is 12.3 Å². The molecule has 0 aliphatic heterocycles. The van der Waals surface area contributed by atoms with Gasteiger partial charge in [0.05, 0.1) is 9.26 Å². The lowest BCUT2D eigenvalue weighted by molar-refractivity contribution is 0.620. The van der Waals surface area contributed by atoms with Crippen LogP contribution in [0.25, 0.3) is 5.57 Å². The molecule has 1 aromatic carbocycles. The van der Waals surface area contributed by atoms with Crippen molar-refractivity contribution in [3.05, 3.63) is 38.0 Å². The molecule has 0 spiro atoms. The highest BCUT2D eigenvalue weighted by Gasteiger charge is 2.08. The number of aromatic amines is 1. The van der Waals surface area contributed by atoms with Crippen LogP contribution in [0.4, 0.5) is 10.1 Å². The van der Waals surface area contributed by atoms with Crippen LogP contribution in [0, 0.1) is 20.7 Å². The number of nitrogens with one attached hydrogen (secondary N) is 2. The van der Waals surface area contributed by atoms with E-state index >= 15 is 0 Å². The molecule has 2 N–H and O–H groups in total. The van der Waals surface area contributed by atoms with E-state index in [4.69, 9.17) is 5.26 Å². The zero-order chi connectivity index (χ0) is 13.8. The smallest absolute Gasteiger partial charge is 0.216 e. The largest absolute Gasteiger partial charge is 0.359 e. The third-order valence-corrected chi connectivity index (χ3v) is 3.57. The van der Waals surface area contributed by atoms with Crippen molar-refractivity contribution >= 4 is 49.8 Å². The summed E-state index contributed by atoms with van der Waals surface area (Å²) < 4.78 is 14.6. The van der Waals surface area contributed by atoms with Crippen molar-refractivity contribution in [1.82, 2.24) is 20.6 Å². The van der Waals surface area contributed by atoms with Crippen molar-refractivity contribution in [2.24, 2.45) is 0 Å². The number of benzene rings is 1. The summed E-state index contributed by atoms with van der Waals surface area (Å²) in [6.45, 7) is 0. The molecule has 0 fully saturated rings. The minimum atomic E-state index is -0.349. The van der Waals surface area contributed by atoms with Gasteiger partial charge in [0, 0.05) is 10.7 Å². The van der Waals surface area contributed by atoms with E-state index in [1.54, 1.807) is 6.07 Å². The van der Waals surface area contributed by atoms with Crippen LogP contribution in [-0.2, 0) is 0 Å². The zero-order valence-electron chi connectivity index (χ0n) is 9.15. The van der Waals surface area contributed by atoms with Gasteiger partial charge in [-0.05, 0) is 55.9 Å². The number of nitrogens with zero attached hydrogens (tertiary/aromatic N) is 4. The fourth-order valence-corrected chi connectivity index (χ4v) is 2.56. The lowest BCUT2D eigenvalue weighted by atomic mass is 10.3. The first kappa shape index (κ1) is 13.9. The predicted octanol–water partition coefficient (Wildman–Crippen LogP) is 2.68. The molecule has 1 aromatic heterocycles. The van der Waals surface area contributed by atoms with Gasteiger partial charge in [-0.2, -0.15) is 10.5 Å². The Morgan fingerprint density at radius 1 is 1.58 bits per heavy atom. The van der Waals surface area contributed by atoms with Gasteiger partial charge in [-0.1, -0.05) is 0 Å². The molecule has 96 valence electrons. The molecule has 9 heteroatoms. The molecule has 0 atom stereocenters. The van der Waals surface area contributed by atoms with E-state index in [1.807, 2.05) is 28.7 Å². The maximum Gasteiger partial charge on any atom is 0.216 e. The van der Waals surface area contributed by atoms with E-state index in [-0.39, 0.29) is 17.2 Å². The first-order valence-electron chi connectivity index (χ1n) is 4.87. The van der Waals surface area contributed by atoms with Gasteiger partial charge in [0.1, 0.15) is 17.5 Å². The van der Waals surface area contributed by atoms with Gasteiger partial charge in [0.2, 0.25) is 5.82 Å². The maximum absolute atomic E-state index is 13.4. The molecule has 19 heavy (non-hydrogen) atoms. The van der Waals surface area contributed by atoms with Crippen molar-refractivity contribution in [2.45, 2.75) is 0 Å². The fraction of sp³-hybridized carbons (Fsp3) is 0. The molecule has 0 aliphatic carbocycles. The summed E-state index contributed by atoms with van der Waals surface area (Å²) >= 11 is 5.20. The number of nitriles is 1. The predicted molar refractivity (Wildman–Crippen MR) is 78.2 cm³/mol. The number of tetrazole rings is 1. The Hall–Kier alpha value is -1.54. The first-order valence-corrected chi connectivity index (χ1v) is 6.74. The number of hydrogen-bond acceptors (Lipinski definition) is 5. The third-order valence-electron chi connectivity index (χ3n) is 2.09. The molecule has 0 bridgehead atoms. The molecule has 0 saturated heterocycles. The topological polar surface area (TPSA) is 90.3 Å². The molecule has 1 heterocycles. The fourth-order valence-electron chi connectivity index (χ4n) is 1.21. The van der Waals surface area contributed by atoms with Gasteiger partial charge < -0.3 is 5.32 Å². The average molecular weight is 435 g/mol. The Kier molecular flexibility index (Phi) is 4.43. The molecule has 2 aromatic rings. The van der Waals surface area contributed by atoms with Crippen LogP contribution in [0.15, 0.2) is 22.8 Å². The molecule has 0 saturated carbocycles. The van der Waals surface area contributed by atoms with E-state index in [0.29, 0.717) is 13.7 Å². The number of aromatic nitrogens is 4. The number of H-pyrrole nitrogens is 1. The van der Waals surface area contributed by atoms with Crippen molar-refractivity contribution in [3.63, 3.8) is 0 Å². The Morgan fingerprint density at radius 3 is 3.00 bits per heavy atom. The zero-order valence-corrected chi connectivity index (χ0v) is 12.9. The van der Waals surface area contributed by atoms with Gasteiger partial charge in [0.15, 0.2) is 0 Å². The molecule has 0 aliphatic rings. The normalized spacial score (nSPS) is 11.2. The Bertz CT molecular complexity index is 663. The van der Waals surface area contributed by atoms with Crippen molar-refractivity contribution in [3.8, 4) is 6.07 Å². The average Bonchev–Trinajstić information content (AvgIpc) is 2.90. The summed E-state index contributed by atoms with van der Waals surface area (Å²) in [5.74, 6) is -0.185. The summed E-state index contributed by atoms with van der Waals surface area (Å²) in [6, 6.07) is 4.88. The van der Waals surface area contributed by atoms with Crippen LogP contribution in [0.3, 0.4) is 0 Å². The summed E-state index contributed by atoms with van der Waals surface area (Å²) in [6.07, 6.45) is 1.39. The molecule has 2 rings (SSSR count). The second-order valence-corrected chi connectivity index (χ2v) is 5.31. The van der Waals surface area contributed by atoms with Crippen molar-refractivity contribution < 1.29 is 4.39 Å². The summed E-state index contributed by atoms with van der Waals surface area (Å²) in [5.41, 5.74) is 0.675. The quantitative estimate of drug-likeness (QED) is 0.440. The molecular weight excluding hydrogens is 430 g/mol. The minimum absolute atomic E-state index is 0.164. The van der Waals surface area contributed by atoms with Crippen LogP contribution < -0.4 is 5.32 Å². The Labute approximate surface area is 129 Å².